The maximum atomic E-state index is 6.12. The molecule has 2 saturated heterocycles. The molecule has 4 aromatic heterocycles. The van der Waals surface area contributed by atoms with Crippen molar-refractivity contribution in [1.82, 2.24) is 35.2 Å². The number of hydrogen-bond donors (Lipinski definition) is 2. The summed E-state index contributed by atoms with van der Waals surface area (Å²) in [7, 11) is 0. The second-order valence-electron chi connectivity index (χ2n) is 9.44. The van der Waals surface area contributed by atoms with Crippen LogP contribution in [0.2, 0.25) is 0 Å². The summed E-state index contributed by atoms with van der Waals surface area (Å²) in [4.78, 5) is 18.5. The fourth-order valence-corrected chi connectivity index (χ4v) is 4.78. The van der Waals surface area contributed by atoms with E-state index in [0.717, 1.165) is 69.4 Å². The Hall–Kier alpha value is -4.03. The van der Waals surface area contributed by atoms with Crippen molar-refractivity contribution < 1.29 is 14.0 Å². The Kier molecular flexibility index (Phi) is 7.14. The molecule has 0 radical (unpaired) electrons. The predicted octanol–water partition coefficient (Wildman–Crippen LogP) is 3.35. The first-order chi connectivity index (χ1) is 18.7. The molecule has 198 valence electrons. The summed E-state index contributed by atoms with van der Waals surface area (Å²) < 4.78 is 17.3. The number of morpholine rings is 1. The summed E-state index contributed by atoms with van der Waals surface area (Å²) >= 11 is 0. The van der Waals surface area contributed by atoms with Crippen LogP contribution in [-0.2, 0) is 4.74 Å². The van der Waals surface area contributed by atoms with Gasteiger partial charge in [0.25, 0.3) is 0 Å². The fourth-order valence-electron chi connectivity index (χ4n) is 4.78. The van der Waals surface area contributed by atoms with Gasteiger partial charge in [-0.1, -0.05) is 11.2 Å². The van der Waals surface area contributed by atoms with E-state index in [1.165, 1.54) is 0 Å². The van der Waals surface area contributed by atoms with Gasteiger partial charge in [-0.15, -0.1) is 0 Å². The number of aryl methyl sites for hydroxylation is 1. The van der Waals surface area contributed by atoms with Gasteiger partial charge >= 0.3 is 0 Å². The average molecular weight is 518 g/mol. The molecular formula is C26H31N9O3. The minimum atomic E-state index is -0.0379. The molecular weight excluding hydrogens is 486 g/mol. The number of nitrogens with one attached hydrogen (secondary N) is 2. The quantitative estimate of drug-likeness (QED) is 0.339. The highest BCUT2D eigenvalue weighted by Gasteiger charge is 2.32. The summed E-state index contributed by atoms with van der Waals surface area (Å²) in [5.74, 6) is 3.14. The molecule has 6 heterocycles. The van der Waals surface area contributed by atoms with Gasteiger partial charge in [0.1, 0.15) is 18.1 Å². The Balaban J connectivity index is 1.24. The van der Waals surface area contributed by atoms with Gasteiger partial charge in [-0.05, 0) is 31.9 Å². The molecule has 2 N–H and O–H groups in total. The lowest BCUT2D eigenvalue weighted by Crippen LogP contribution is -2.38. The summed E-state index contributed by atoms with van der Waals surface area (Å²) in [6, 6.07) is 11.4. The van der Waals surface area contributed by atoms with Gasteiger partial charge in [0.05, 0.1) is 24.9 Å². The van der Waals surface area contributed by atoms with Gasteiger partial charge in [0, 0.05) is 56.3 Å². The number of hydrogen-bond acceptors (Lipinski definition) is 11. The molecule has 0 aliphatic carbocycles. The van der Waals surface area contributed by atoms with Crippen LogP contribution in [-0.4, -0.2) is 81.2 Å². The Morgan fingerprint density at radius 2 is 2.00 bits per heavy atom. The third-order valence-corrected chi connectivity index (χ3v) is 6.71. The lowest BCUT2D eigenvalue weighted by molar-refractivity contribution is 0.0320. The third-order valence-electron chi connectivity index (χ3n) is 6.71. The number of rotatable bonds is 9. The van der Waals surface area contributed by atoms with Gasteiger partial charge in [-0.25, -0.2) is 0 Å². The first-order valence-corrected chi connectivity index (χ1v) is 13.0. The molecule has 2 aliphatic heterocycles. The number of nitrogens with zero attached hydrogens (tertiary/aromatic N) is 7. The fraction of sp³-hybridized carbons (Fsp3) is 0.423. The van der Waals surface area contributed by atoms with Crippen molar-refractivity contribution in [3.8, 4) is 17.3 Å². The van der Waals surface area contributed by atoms with Crippen molar-refractivity contribution in [1.29, 1.82) is 0 Å². The second-order valence-corrected chi connectivity index (χ2v) is 9.44. The molecule has 6 rings (SSSR count). The molecule has 4 aromatic rings. The number of anilines is 3. The van der Waals surface area contributed by atoms with Crippen molar-refractivity contribution in [3.05, 3.63) is 54.0 Å². The molecule has 2 fully saturated rings. The Bertz CT molecular complexity index is 1340. The molecule has 0 saturated carbocycles. The lowest BCUT2D eigenvalue weighted by Gasteiger charge is -2.26. The van der Waals surface area contributed by atoms with Crippen molar-refractivity contribution in [2.24, 2.45) is 0 Å². The molecule has 1 unspecified atom stereocenters. The average Bonchev–Trinajstić information content (AvgIpc) is 3.71. The van der Waals surface area contributed by atoms with Gasteiger partial charge in [-0.3, -0.25) is 15.0 Å². The van der Waals surface area contributed by atoms with E-state index in [2.05, 4.69) is 35.5 Å². The first-order valence-electron chi connectivity index (χ1n) is 13.0. The number of pyridine rings is 1. The van der Waals surface area contributed by atoms with Crippen LogP contribution in [0.4, 0.5) is 17.6 Å². The molecule has 0 spiro atoms. The lowest BCUT2D eigenvalue weighted by atomic mass is 10.1. The largest absolute Gasteiger partial charge is 0.476 e. The van der Waals surface area contributed by atoms with E-state index in [1.807, 2.05) is 43.3 Å². The van der Waals surface area contributed by atoms with Crippen molar-refractivity contribution in [2.45, 2.75) is 25.8 Å². The molecule has 12 heteroatoms. The van der Waals surface area contributed by atoms with E-state index in [0.29, 0.717) is 35.8 Å². The van der Waals surface area contributed by atoms with Gasteiger partial charge in [0.15, 0.2) is 11.6 Å². The van der Waals surface area contributed by atoms with Crippen molar-refractivity contribution >= 4 is 17.6 Å². The number of H-pyrrole nitrogens is 1. The zero-order chi connectivity index (χ0) is 25.7. The van der Waals surface area contributed by atoms with Crippen LogP contribution < -0.4 is 15.0 Å². The van der Waals surface area contributed by atoms with Crippen LogP contribution in [0.1, 0.15) is 30.3 Å². The van der Waals surface area contributed by atoms with E-state index >= 15 is 0 Å². The highest BCUT2D eigenvalue weighted by Crippen LogP contribution is 2.37. The van der Waals surface area contributed by atoms with Crippen LogP contribution in [0.5, 0.6) is 5.88 Å². The normalized spacial score (nSPS) is 18.1. The third kappa shape index (κ3) is 5.60. The maximum absolute atomic E-state index is 6.12. The first kappa shape index (κ1) is 24.3. The van der Waals surface area contributed by atoms with Gasteiger partial charge < -0.3 is 24.2 Å². The Labute approximate surface area is 220 Å². The van der Waals surface area contributed by atoms with E-state index < -0.39 is 0 Å². The molecule has 1 atom stereocenters. The van der Waals surface area contributed by atoms with E-state index in [-0.39, 0.29) is 6.04 Å². The summed E-state index contributed by atoms with van der Waals surface area (Å²) in [6.07, 6.45) is 3.64. The summed E-state index contributed by atoms with van der Waals surface area (Å²) in [5.41, 5.74) is 2.45. The molecule has 38 heavy (non-hydrogen) atoms. The van der Waals surface area contributed by atoms with Crippen LogP contribution in [0.25, 0.3) is 11.4 Å². The van der Waals surface area contributed by atoms with Crippen LogP contribution >= 0.6 is 0 Å². The topological polar surface area (TPSA) is 130 Å². The molecule has 0 amide bonds. The minimum absolute atomic E-state index is 0.0379. The van der Waals surface area contributed by atoms with Crippen molar-refractivity contribution in [3.63, 3.8) is 0 Å². The van der Waals surface area contributed by atoms with E-state index in [4.69, 9.17) is 24.0 Å². The Morgan fingerprint density at radius 3 is 2.82 bits per heavy atom. The van der Waals surface area contributed by atoms with E-state index in [1.54, 1.807) is 6.20 Å². The molecule has 0 bridgehead atoms. The van der Waals surface area contributed by atoms with Crippen LogP contribution in [0.3, 0.4) is 0 Å². The maximum Gasteiger partial charge on any atom is 0.231 e. The number of ether oxygens (including phenoxy) is 2. The smallest absolute Gasteiger partial charge is 0.231 e. The summed E-state index contributed by atoms with van der Waals surface area (Å²) in [5, 5.41) is 14.8. The summed E-state index contributed by atoms with van der Waals surface area (Å²) in [6.45, 7) is 7.43. The monoisotopic (exact) mass is 517 g/mol. The van der Waals surface area contributed by atoms with Gasteiger partial charge in [0.2, 0.25) is 11.8 Å². The number of aromatic amines is 1. The molecule has 12 nitrogen and oxygen atoms in total. The predicted molar refractivity (Wildman–Crippen MR) is 140 cm³/mol. The molecule has 2 aliphatic rings. The minimum Gasteiger partial charge on any atom is -0.476 e. The Morgan fingerprint density at radius 1 is 1.08 bits per heavy atom. The number of aromatic nitrogens is 6. The standard InChI is InChI=1S/C26H31N9O3/c1-18-15-24(32-31-18)28-23-17-25(37-14-11-34-9-12-36-13-10-34)30-26(29-23)35-8-4-6-21(35)22-16-20(33-38-22)19-5-2-3-7-27-19/h2-3,5,7,15-17,21H,4,6,8-14H2,1H3,(H2,28,29,30,31,32). The zero-order valence-electron chi connectivity index (χ0n) is 21.3. The van der Waals surface area contributed by atoms with Crippen LogP contribution in [0.15, 0.2) is 47.1 Å². The highest BCUT2D eigenvalue weighted by atomic mass is 16.5. The van der Waals surface area contributed by atoms with E-state index in [9.17, 15) is 0 Å². The molecule has 0 aromatic carbocycles. The SMILES string of the molecule is Cc1cc(Nc2cc(OCCN3CCOCC3)nc(N3CCCC3c3cc(-c4ccccn4)no3)n2)n[nH]1. The zero-order valence-corrected chi connectivity index (χ0v) is 21.3. The van der Waals surface area contributed by atoms with Gasteiger partial charge in [-0.2, -0.15) is 15.1 Å². The van der Waals surface area contributed by atoms with Crippen LogP contribution in [0, 0.1) is 6.92 Å². The van der Waals surface area contributed by atoms with Crippen molar-refractivity contribution in [2.75, 3.05) is 56.2 Å². The second kappa shape index (κ2) is 11.2. The highest BCUT2D eigenvalue weighted by molar-refractivity contribution is 5.57.